The van der Waals surface area contributed by atoms with E-state index in [0.29, 0.717) is 12.6 Å². The Bertz CT molecular complexity index is 516. The van der Waals surface area contributed by atoms with Crippen LogP contribution in [0.5, 0.6) is 5.75 Å². The second-order valence-corrected chi connectivity index (χ2v) is 6.11. The van der Waals surface area contributed by atoms with Crippen LogP contribution in [-0.4, -0.2) is 12.6 Å². The summed E-state index contributed by atoms with van der Waals surface area (Å²) in [6.07, 6.45) is 6.22. The smallest absolute Gasteiger partial charge is 0.141 e. The van der Waals surface area contributed by atoms with E-state index in [0.717, 1.165) is 11.3 Å². The quantitative estimate of drug-likeness (QED) is 0.896. The van der Waals surface area contributed by atoms with E-state index in [1.165, 1.54) is 32.1 Å². The maximum atomic E-state index is 9.92. The fourth-order valence-corrected chi connectivity index (χ4v) is 3.52. The minimum Gasteiger partial charge on any atom is -0.493 e. The van der Waals surface area contributed by atoms with Crippen LogP contribution in [-0.2, 0) is 5.54 Å². The van der Waals surface area contributed by atoms with Crippen molar-refractivity contribution in [3.63, 3.8) is 0 Å². The van der Waals surface area contributed by atoms with E-state index in [1.54, 1.807) is 0 Å². The first kappa shape index (κ1) is 13.5. The summed E-state index contributed by atoms with van der Waals surface area (Å²) < 4.78 is 5.79. The number of benzene rings is 1. The van der Waals surface area contributed by atoms with Crippen LogP contribution in [0.4, 0.5) is 0 Å². The first-order valence-electron chi connectivity index (χ1n) is 7.67. The molecule has 2 atom stereocenters. The van der Waals surface area contributed by atoms with E-state index >= 15 is 0 Å². The Morgan fingerprint density at radius 1 is 1.25 bits per heavy atom. The van der Waals surface area contributed by atoms with E-state index in [4.69, 9.17) is 4.74 Å². The summed E-state index contributed by atoms with van der Waals surface area (Å²) >= 11 is 0. The third-order valence-corrected chi connectivity index (χ3v) is 4.75. The third kappa shape index (κ3) is 2.19. The fraction of sp³-hybridized carbons (Fsp3) is 0.588. The first-order chi connectivity index (χ1) is 9.76. The van der Waals surface area contributed by atoms with Gasteiger partial charge in [-0.2, -0.15) is 5.26 Å². The second-order valence-electron chi connectivity index (χ2n) is 6.11. The molecule has 3 rings (SSSR count). The maximum Gasteiger partial charge on any atom is 0.141 e. The average molecular weight is 270 g/mol. The molecule has 1 aromatic carbocycles. The number of hydrogen-bond donors (Lipinski definition) is 1. The van der Waals surface area contributed by atoms with Crippen LogP contribution in [0.25, 0.3) is 0 Å². The Kier molecular flexibility index (Phi) is 3.67. The van der Waals surface area contributed by atoms with Crippen LogP contribution in [0.15, 0.2) is 24.3 Å². The zero-order valence-electron chi connectivity index (χ0n) is 12.1. The maximum absolute atomic E-state index is 9.92. The van der Waals surface area contributed by atoms with Gasteiger partial charge < -0.3 is 4.74 Å². The Hall–Kier alpha value is -1.53. The fourth-order valence-electron chi connectivity index (χ4n) is 3.52. The van der Waals surface area contributed by atoms with Crippen molar-refractivity contribution >= 4 is 0 Å². The zero-order valence-corrected chi connectivity index (χ0v) is 12.1. The Balaban J connectivity index is 1.95. The summed E-state index contributed by atoms with van der Waals surface area (Å²) in [4.78, 5) is 0. The van der Waals surface area contributed by atoms with Gasteiger partial charge in [0, 0.05) is 17.5 Å². The summed E-state index contributed by atoms with van der Waals surface area (Å²) in [5.41, 5.74) is 0.406. The Morgan fingerprint density at radius 3 is 2.75 bits per heavy atom. The minimum atomic E-state index is -0.600. The molecule has 1 N–H and O–H groups in total. The molecular formula is C17H22N2O. The summed E-state index contributed by atoms with van der Waals surface area (Å²) in [6, 6.07) is 11.0. The molecule has 0 amide bonds. The van der Waals surface area contributed by atoms with E-state index in [2.05, 4.69) is 18.3 Å². The molecule has 0 saturated heterocycles. The van der Waals surface area contributed by atoms with Crippen LogP contribution < -0.4 is 10.1 Å². The highest BCUT2D eigenvalue weighted by atomic mass is 16.5. The molecule has 1 aromatic rings. The normalized spacial score (nSPS) is 30.1. The molecule has 0 aromatic heterocycles. The number of nitriles is 1. The van der Waals surface area contributed by atoms with E-state index in [1.807, 2.05) is 24.3 Å². The van der Waals surface area contributed by atoms with Crippen LogP contribution >= 0.6 is 0 Å². The Labute approximate surface area is 120 Å². The molecule has 0 bridgehead atoms. The monoisotopic (exact) mass is 270 g/mol. The summed E-state index contributed by atoms with van der Waals surface area (Å²) in [5, 5.41) is 13.6. The molecule has 1 aliphatic carbocycles. The predicted molar refractivity (Wildman–Crippen MR) is 78.4 cm³/mol. The molecule has 3 nitrogen and oxygen atoms in total. The number of hydrogen-bond acceptors (Lipinski definition) is 3. The zero-order chi connectivity index (χ0) is 14.0. The van der Waals surface area contributed by atoms with Crippen molar-refractivity contribution in [3.8, 4) is 11.8 Å². The highest BCUT2D eigenvalue weighted by Crippen LogP contribution is 2.41. The summed E-state index contributed by atoms with van der Waals surface area (Å²) in [7, 11) is 0. The lowest BCUT2D eigenvalue weighted by Gasteiger charge is -2.42. The molecule has 1 heterocycles. The van der Waals surface area contributed by atoms with Crippen LogP contribution in [0.2, 0.25) is 0 Å². The lowest BCUT2D eigenvalue weighted by atomic mass is 9.77. The van der Waals surface area contributed by atoms with Gasteiger partial charge in [-0.15, -0.1) is 0 Å². The average Bonchev–Trinajstić information content (AvgIpc) is 2.51. The molecule has 3 heteroatoms. The van der Waals surface area contributed by atoms with Gasteiger partial charge in [-0.1, -0.05) is 44.4 Å². The largest absolute Gasteiger partial charge is 0.493 e. The van der Waals surface area contributed by atoms with Gasteiger partial charge in [0.2, 0.25) is 0 Å². The van der Waals surface area contributed by atoms with Crippen molar-refractivity contribution in [3.05, 3.63) is 29.8 Å². The molecule has 2 aliphatic rings. The second kappa shape index (κ2) is 5.46. The van der Waals surface area contributed by atoms with Crippen LogP contribution in [0.1, 0.15) is 44.6 Å². The number of nitrogens with zero attached hydrogens (tertiary/aromatic N) is 1. The highest BCUT2D eigenvalue weighted by Gasteiger charge is 2.45. The van der Waals surface area contributed by atoms with Crippen LogP contribution in [0, 0.1) is 17.2 Å². The van der Waals surface area contributed by atoms with Crippen molar-refractivity contribution in [2.45, 2.75) is 50.6 Å². The van der Waals surface area contributed by atoms with Gasteiger partial charge in [0.25, 0.3) is 0 Å². The SMILES string of the molecule is CC1COc2ccccc2C1(C#N)NC1CCCCC1. The number of ether oxygens (including phenoxy) is 1. The standard InChI is InChI=1S/C17H22N2O/c1-13-11-20-16-10-6-5-9-15(16)17(13,12-18)19-14-7-3-2-4-8-14/h5-6,9-10,13-14,19H,2-4,7-8,11H2,1H3. The van der Waals surface area contributed by atoms with Gasteiger partial charge in [-0.05, 0) is 18.9 Å². The lowest BCUT2D eigenvalue weighted by Crippen LogP contribution is -2.54. The van der Waals surface area contributed by atoms with Crippen molar-refractivity contribution in [2.24, 2.45) is 5.92 Å². The van der Waals surface area contributed by atoms with Gasteiger partial charge in [-0.3, -0.25) is 5.32 Å². The molecule has 0 spiro atoms. The number of nitrogens with one attached hydrogen (secondary N) is 1. The number of rotatable bonds is 2. The topological polar surface area (TPSA) is 45.0 Å². The van der Waals surface area contributed by atoms with Gasteiger partial charge in [-0.25, -0.2) is 0 Å². The van der Waals surface area contributed by atoms with Crippen molar-refractivity contribution in [1.29, 1.82) is 5.26 Å². The molecule has 1 saturated carbocycles. The van der Waals surface area contributed by atoms with Crippen molar-refractivity contribution in [1.82, 2.24) is 5.32 Å². The van der Waals surface area contributed by atoms with Crippen LogP contribution in [0.3, 0.4) is 0 Å². The van der Waals surface area contributed by atoms with Gasteiger partial charge in [0.15, 0.2) is 0 Å². The molecule has 2 unspecified atom stereocenters. The molecule has 1 aliphatic heterocycles. The molecule has 1 fully saturated rings. The van der Waals surface area contributed by atoms with Gasteiger partial charge >= 0.3 is 0 Å². The highest BCUT2D eigenvalue weighted by molar-refractivity contribution is 5.45. The van der Waals surface area contributed by atoms with Crippen molar-refractivity contribution in [2.75, 3.05) is 6.61 Å². The van der Waals surface area contributed by atoms with Crippen molar-refractivity contribution < 1.29 is 4.74 Å². The number of para-hydroxylation sites is 1. The summed E-state index contributed by atoms with van der Waals surface area (Å²) in [5.74, 6) is 1.01. The van der Waals surface area contributed by atoms with E-state index in [-0.39, 0.29) is 5.92 Å². The summed E-state index contributed by atoms with van der Waals surface area (Å²) in [6.45, 7) is 2.71. The number of fused-ring (bicyclic) bond motifs is 1. The lowest BCUT2D eigenvalue weighted by molar-refractivity contribution is 0.132. The predicted octanol–water partition coefficient (Wildman–Crippen LogP) is 3.36. The third-order valence-electron chi connectivity index (χ3n) is 4.75. The van der Waals surface area contributed by atoms with Gasteiger partial charge in [0.1, 0.15) is 11.3 Å². The molecular weight excluding hydrogens is 248 g/mol. The van der Waals surface area contributed by atoms with Gasteiger partial charge in [0.05, 0.1) is 12.7 Å². The molecule has 20 heavy (non-hydrogen) atoms. The molecule has 106 valence electrons. The molecule has 0 radical (unpaired) electrons. The van der Waals surface area contributed by atoms with E-state index in [9.17, 15) is 5.26 Å². The Morgan fingerprint density at radius 2 is 2.00 bits per heavy atom. The minimum absolute atomic E-state index is 0.157. The van der Waals surface area contributed by atoms with E-state index < -0.39 is 5.54 Å². The first-order valence-corrected chi connectivity index (χ1v) is 7.67.